The summed E-state index contributed by atoms with van der Waals surface area (Å²) in [6.07, 6.45) is -0.241. The van der Waals surface area contributed by atoms with Gasteiger partial charge in [0.15, 0.2) is 0 Å². The molecule has 0 amide bonds. The summed E-state index contributed by atoms with van der Waals surface area (Å²) >= 11 is 6.41. The molecule has 1 aromatic heterocycles. The smallest absolute Gasteiger partial charge is 0.416 e. The summed E-state index contributed by atoms with van der Waals surface area (Å²) < 4.78 is 40.3. The second-order valence-electron chi connectivity index (χ2n) is 7.77. The number of fused-ring (bicyclic) bond motifs is 1. The van der Waals surface area contributed by atoms with Crippen LogP contribution in [0.3, 0.4) is 0 Å². The standard InChI is InChI=1S/C23H20ClF3N2O2/c24-20-4-3-18(23(25,26)27)12-19(20)21(29-9-6-14(7-10-29)22(30)31)16-1-2-17-13-28-8-5-15(17)11-16/h1-5,8,11-14,21H,6-7,9-10H2,(H,30,31). The number of benzene rings is 2. The van der Waals surface area contributed by atoms with Crippen LogP contribution >= 0.6 is 11.6 Å². The SMILES string of the molecule is O=C(O)C1CCN(C(c2ccc3cnccc3c2)c2cc(C(F)(F)F)ccc2Cl)CC1. The molecule has 1 atom stereocenters. The van der Waals surface area contributed by atoms with Crippen LogP contribution < -0.4 is 0 Å². The number of hydrogen-bond acceptors (Lipinski definition) is 3. The number of halogens is 4. The maximum absolute atomic E-state index is 13.4. The van der Waals surface area contributed by atoms with Gasteiger partial charge in [-0.1, -0.05) is 23.7 Å². The predicted octanol–water partition coefficient (Wildman–Crippen LogP) is 5.79. The maximum Gasteiger partial charge on any atom is 0.416 e. The van der Waals surface area contributed by atoms with Gasteiger partial charge in [0, 0.05) is 22.8 Å². The van der Waals surface area contributed by atoms with Crippen LogP contribution in [0.2, 0.25) is 5.02 Å². The van der Waals surface area contributed by atoms with Crippen LogP contribution in [0, 0.1) is 5.92 Å². The van der Waals surface area contributed by atoms with Gasteiger partial charge in [0.25, 0.3) is 0 Å². The molecule has 0 aliphatic carbocycles. The summed E-state index contributed by atoms with van der Waals surface area (Å²) in [4.78, 5) is 17.5. The molecule has 1 saturated heterocycles. The summed E-state index contributed by atoms with van der Waals surface area (Å²) in [6, 6.07) is 10.4. The number of pyridine rings is 1. The van der Waals surface area contributed by atoms with E-state index >= 15 is 0 Å². The van der Waals surface area contributed by atoms with Crippen molar-refractivity contribution in [2.75, 3.05) is 13.1 Å². The molecule has 0 radical (unpaired) electrons. The Morgan fingerprint density at radius 2 is 1.84 bits per heavy atom. The van der Waals surface area contributed by atoms with Crippen LogP contribution in [-0.4, -0.2) is 34.0 Å². The number of alkyl halides is 3. The van der Waals surface area contributed by atoms with Crippen molar-refractivity contribution in [2.24, 2.45) is 5.92 Å². The van der Waals surface area contributed by atoms with Crippen LogP contribution in [0.1, 0.15) is 35.6 Å². The molecule has 1 unspecified atom stereocenters. The minimum absolute atomic E-state index is 0.244. The molecule has 0 saturated carbocycles. The highest BCUT2D eigenvalue weighted by Gasteiger charge is 2.35. The second-order valence-corrected chi connectivity index (χ2v) is 8.17. The molecule has 4 nitrogen and oxygen atoms in total. The van der Waals surface area contributed by atoms with Crippen molar-refractivity contribution < 1.29 is 23.1 Å². The van der Waals surface area contributed by atoms with E-state index in [0.717, 1.165) is 28.5 Å². The lowest BCUT2D eigenvalue weighted by molar-refractivity contribution is -0.143. The van der Waals surface area contributed by atoms with Crippen LogP contribution in [0.5, 0.6) is 0 Å². The zero-order valence-electron chi connectivity index (χ0n) is 16.4. The Hall–Kier alpha value is -2.64. The largest absolute Gasteiger partial charge is 0.481 e. The molecular weight excluding hydrogens is 429 g/mol. The van der Waals surface area contributed by atoms with Crippen LogP contribution in [0.15, 0.2) is 54.9 Å². The Kier molecular flexibility index (Phi) is 5.90. The minimum atomic E-state index is -4.49. The van der Waals surface area contributed by atoms with Gasteiger partial charge >= 0.3 is 12.1 Å². The van der Waals surface area contributed by atoms with Crippen molar-refractivity contribution in [1.29, 1.82) is 0 Å². The van der Waals surface area contributed by atoms with Crippen molar-refractivity contribution >= 4 is 28.3 Å². The fourth-order valence-electron chi connectivity index (χ4n) is 4.19. The number of hydrogen-bond donors (Lipinski definition) is 1. The Morgan fingerprint density at radius 1 is 1.10 bits per heavy atom. The van der Waals surface area contributed by atoms with Crippen molar-refractivity contribution in [1.82, 2.24) is 9.88 Å². The van der Waals surface area contributed by atoms with E-state index in [1.807, 2.05) is 29.2 Å². The minimum Gasteiger partial charge on any atom is -0.481 e. The molecule has 1 N–H and O–H groups in total. The zero-order valence-corrected chi connectivity index (χ0v) is 17.2. The first-order chi connectivity index (χ1) is 14.7. The first-order valence-electron chi connectivity index (χ1n) is 9.91. The number of aliphatic carboxylic acids is 1. The lowest BCUT2D eigenvalue weighted by Crippen LogP contribution is -2.39. The zero-order chi connectivity index (χ0) is 22.2. The molecule has 1 aliphatic heterocycles. The number of likely N-dealkylation sites (tertiary alicyclic amines) is 1. The third kappa shape index (κ3) is 4.52. The van der Waals surface area contributed by atoms with Crippen molar-refractivity contribution in [3.05, 3.63) is 76.6 Å². The van der Waals surface area contributed by atoms with Gasteiger partial charge in [-0.15, -0.1) is 0 Å². The van der Waals surface area contributed by atoms with E-state index in [0.29, 0.717) is 31.5 Å². The highest BCUT2D eigenvalue weighted by Crippen LogP contribution is 2.40. The maximum atomic E-state index is 13.4. The van der Waals surface area contributed by atoms with Gasteiger partial charge < -0.3 is 5.11 Å². The number of aromatic nitrogens is 1. The third-order valence-electron chi connectivity index (χ3n) is 5.84. The average molecular weight is 449 g/mol. The third-order valence-corrected chi connectivity index (χ3v) is 6.19. The Morgan fingerprint density at radius 3 is 2.52 bits per heavy atom. The average Bonchev–Trinajstić information content (AvgIpc) is 2.74. The fraction of sp³-hybridized carbons (Fsp3) is 0.304. The number of carboxylic acid groups (broad SMARTS) is 1. The summed E-state index contributed by atoms with van der Waals surface area (Å²) in [5.41, 5.74) is 0.398. The number of carboxylic acids is 1. The van der Waals surface area contributed by atoms with E-state index in [-0.39, 0.29) is 5.02 Å². The van der Waals surface area contributed by atoms with E-state index < -0.39 is 29.7 Å². The summed E-state index contributed by atoms with van der Waals surface area (Å²) in [5.74, 6) is -1.29. The molecule has 3 aromatic rings. The predicted molar refractivity (Wildman–Crippen MR) is 112 cm³/mol. The van der Waals surface area contributed by atoms with E-state index in [1.165, 1.54) is 6.07 Å². The van der Waals surface area contributed by atoms with Gasteiger partial charge in [-0.2, -0.15) is 13.2 Å². The molecular formula is C23H20ClF3N2O2. The number of rotatable bonds is 4. The number of carbonyl (C=O) groups is 1. The molecule has 0 spiro atoms. The van der Waals surface area contributed by atoms with Crippen molar-refractivity contribution in [3.63, 3.8) is 0 Å². The quantitative estimate of drug-likeness (QED) is 0.548. The first-order valence-corrected chi connectivity index (χ1v) is 10.3. The fourth-order valence-corrected chi connectivity index (χ4v) is 4.41. The van der Waals surface area contributed by atoms with E-state index in [4.69, 9.17) is 11.6 Å². The Labute approximate surface area is 182 Å². The molecule has 2 heterocycles. The second kappa shape index (κ2) is 8.48. The summed E-state index contributed by atoms with van der Waals surface area (Å²) in [6.45, 7) is 0.894. The number of piperidine rings is 1. The van der Waals surface area contributed by atoms with Gasteiger partial charge in [-0.25, -0.2) is 0 Å². The summed E-state index contributed by atoms with van der Waals surface area (Å²) in [7, 11) is 0. The van der Waals surface area contributed by atoms with Crippen LogP contribution in [0.25, 0.3) is 10.8 Å². The molecule has 162 valence electrons. The highest BCUT2D eigenvalue weighted by molar-refractivity contribution is 6.31. The topological polar surface area (TPSA) is 53.4 Å². The molecule has 0 bridgehead atoms. The normalized spacial score (nSPS) is 17.0. The van der Waals surface area contributed by atoms with Crippen LogP contribution in [-0.2, 0) is 11.0 Å². The molecule has 2 aromatic carbocycles. The van der Waals surface area contributed by atoms with Crippen LogP contribution in [0.4, 0.5) is 13.2 Å². The lowest BCUT2D eigenvalue weighted by atomic mass is 9.90. The molecule has 1 fully saturated rings. The Balaban J connectivity index is 1.80. The first kappa shape index (κ1) is 21.6. The van der Waals surface area contributed by atoms with Crippen molar-refractivity contribution in [2.45, 2.75) is 25.1 Å². The number of nitrogens with zero attached hydrogens (tertiary/aromatic N) is 2. The van der Waals surface area contributed by atoms with Gasteiger partial charge in [0.05, 0.1) is 17.5 Å². The van der Waals surface area contributed by atoms with Gasteiger partial charge in [-0.3, -0.25) is 14.7 Å². The molecule has 31 heavy (non-hydrogen) atoms. The monoisotopic (exact) mass is 448 g/mol. The van der Waals surface area contributed by atoms with Crippen molar-refractivity contribution in [3.8, 4) is 0 Å². The Bertz CT molecular complexity index is 1110. The molecule has 4 rings (SSSR count). The van der Waals surface area contributed by atoms with Gasteiger partial charge in [0.1, 0.15) is 0 Å². The van der Waals surface area contributed by atoms with E-state index in [9.17, 15) is 23.1 Å². The molecule has 1 aliphatic rings. The van der Waals surface area contributed by atoms with E-state index in [2.05, 4.69) is 4.98 Å². The van der Waals surface area contributed by atoms with Gasteiger partial charge in [-0.05, 0) is 72.8 Å². The highest BCUT2D eigenvalue weighted by atomic mass is 35.5. The molecule has 8 heteroatoms. The lowest BCUT2D eigenvalue weighted by Gasteiger charge is -2.37. The summed E-state index contributed by atoms with van der Waals surface area (Å²) in [5, 5.41) is 11.4. The van der Waals surface area contributed by atoms with Gasteiger partial charge in [0.2, 0.25) is 0 Å². The van der Waals surface area contributed by atoms with E-state index in [1.54, 1.807) is 12.4 Å².